The van der Waals surface area contributed by atoms with Crippen molar-refractivity contribution in [1.29, 1.82) is 0 Å². The summed E-state index contributed by atoms with van der Waals surface area (Å²) in [6, 6.07) is 6.29. The third-order valence-electron chi connectivity index (χ3n) is 1.87. The van der Waals surface area contributed by atoms with E-state index in [-0.39, 0.29) is 0 Å². The summed E-state index contributed by atoms with van der Waals surface area (Å²) in [6.07, 6.45) is 1.25. The predicted octanol–water partition coefficient (Wildman–Crippen LogP) is 2.69. The molecule has 0 bridgehead atoms. The Morgan fingerprint density at radius 2 is 1.88 bits per heavy atom. The average molecular weight is 238 g/mol. The molecule has 1 heterocycles. The van der Waals surface area contributed by atoms with Crippen molar-refractivity contribution in [1.82, 2.24) is 10.6 Å². The van der Waals surface area contributed by atoms with Crippen molar-refractivity contribution in [3.8, 4) is 5.75 Å². The second kappa shape index (κ2) is 10.1. The van der Waals surface area contributed by atoms with Crippen molar-refractivity contribution in [2.45, 2.75) is 33.7 Å². The first-order valence-corrected chi connectivity index (χ1v) is 6.21. The number of fused-ring (bicyclic) bond motifs is 1. The fraction of sp³-hybridized carbons (Fsp3) is 0.571. The molecule has 0 atom stereocenters. The molecule has 1 aliphatic rings. The van der Waals surface area contributed by atoms with Crippen LogP contribution in [0.15, 0.2) is 18.2 Å². The zero-order valence-corrected chi connectivity index (χ0v) is 11.8. The summed E-state index contributed by atoms with van der Waals surface area (Å²) in [4.78, 5) is 0. The molecule has 0 spiro atoms. The number of benzene rings is 1. The molecule has 1 aliphatic heterocycles. The largest absolute Gasteiger partial charge is 0.478 e. The van der Waals surface area contributed by atoms with Crippen LogP contribution in [0.1, 0.15) is 31.4 Å². The molecule has 0 radical (unpaired) electrons. The van der Waals surface area contributed by atoms with Crippen molar-refractivity contribution < 1.29 is 4.74 Å². The Hall–Kier alpha value is -1.06. The van der Waals surface area contributed by atoms with Gasteiger partial charge in [0.1, 0.15) is 12.5 Å². The predicted molar refractivity (Wildman–Crippen MR) is 74.5 cm³/mol. The highest BCUT2D eigenvalue weighted by Gasteiger charge is 2.07. The fourth-order valence-corrected chi connectivity index (χ4v) is 1.26. The lowest BCUT2D eigenvalue weighted by Crippen LogP contribution is -2.25. The van der Waals surface area contributed by atoms with Gasteiger partial charge in [0.2, 0.25) is 0 Å². The summed E-state index contributed by atoms with van der Waals surface area (Å²) in [5, 5.41) is 5.89. The Morgan fingerprint density at radius 3 is 2.47 bits per heavy atom. The standard InChI is InChI=1S/C9H11NO.C3H8.C2H7N/c1-7-2-3-8-5-10-6-11-9(8)4-7;2*1-3-2/h2-4,10H,5-6H2,1H3;3H2,1-2H3;3H,1-2H3. The number of hydrogen-bond donors (Lipinski definition) is 2. The van der Waals surface area contributed by atoms with E-state index in [1.54, 1.807) is 0 Å². The molecule has 0 fully saturated rings. The third-order valence-corrected chi connectivity index (χ3v) is 1.87. The average Bonchev–Trinajstić information content (AvgIpc) is 2.31. The minimum atomic E-state index is 0.635. The highest BCUT2D eigenvalue weighted by Crippen LogP contribution is 2.21. The molecule has 0 aliphatic carbocycles. The van der Waals surface area contributed by atoms with Crippen LogP contribution in [0.5, 0.6) is 5.75 Å². The minimum Gasteiger partial charge on any atom is -0.478 e. The molecule has 2 rings (SSSR count). The van der Waals surface area contributed by atoms with Crippen LogP contribution < -0.4 is 15.4 Å². The zero-order chi connectivity index (χ0) is 13.1. The maximum absolute atomic E-state index is 5.39. The van der Waals surface area contributed by atoms with Crippen molar-refractivity contribution >= 4 is 0 Å². The maximum atomic E-state index is 5.39. The molecule has 0 saturated heterocycles. The van der Waals surface area contributed by atoms with E-state index >= 15 is 0 Å². The Morgan fingerprint density at radius 1 is 1.29 bits per heavy atom. The first-order valence-electron chi connectivity index (χ1n) is 6.21. The summed E-state index contributed by atoms with van der Waals surface area (Å²) in [5.41, 5.74) is 2.51. The van der Waals surface area contributed by atoms with Gasteiger partial charge in [-0.3, -0.25) is 5.32 Å². The van der Waals surface area contributed by atoms with Gasteiger partial charge in [-0.25, -0.2) is 0 Å². The molecule has 0 saturated carbocycles. The lowest BCUT2D eigenvalue weighted by Gasteiger charge is -2.18. The van der Waals surface area contributed by atoms with Crippen molar-refractivity contribution in [3.63, 3.8) is 0 Å². The molecule has 3 heteroatoms. The number of rotatable bonds is 0. The van der Waals surface area contributed by atoms with Gasteiger partial charge in [-0.15, -0.1) is 0 Å². The molecule has 1 aromatic rings. The van der Waals surface area contributed by atoms with Gasteiger partial charge in [0.25, 0.3) is 0 Å². The third kappa shape index (κ3) is 6.97. The normalized spacial score (nSPS) is 12.1. The number of aryl methyl sites for hydroxylation is 1. The molecular weight excluding hydrogens is 212 g/mol. The monoisotopic (exact) mass is 238 g/mol. The Kier molecular flexibility index (Phi) is 9.49. The number of nitrogens with one attached hydrogen (secondary N) is 2. The number of hydrogen-bond acceptors (Lipinski definition) is 3. The Labute approximate surface area is 106 Å². The summed E-state index contributed by atoms with van der Waals surface area (Å²) in [7, 11) is 3.75. The van der Waals surface area contributed by atoms with Gasteiger partial charge in [-0.05, 0) is 32.6 Å². The lowest BCUT2D eigenvalue weighted by molar-refractivity contribution is 0.257. The summed E-state index contributed by atoms with van der Waals surface area (Å²) < 4.78 is 5.39. The van der Waals surface area contributed by atoms with Crippen LogP contribution in [0, 0.1) is 6.92 Å². The molecule has 0 aromatic heterocycles. The van der Waals surface area contributed by atoms with Gasteiger partial charge in [0.15, 0.2) is 0 Å². The second-order valence-electron chi connectivity index (χ2n) is 4.03. The summed E-state index contributed by atoms with van der Waals surface area (Å²) in [6.45, 7) is 7.89. The fourth-order valence-electron chi connectivity index (χ4n) is 1.26. The molecule has 2 N–H and O–H groups in total. The van der Waals surface area contributed by atoms with E-state index < -0.39 is 0 Å². The highest BCUT2D eigenvalue weighted by molar-refractivity contribution is 5.37. The molecule has 0 unspecified atom stereocenters. The summed E-state index contributed by atoms with van der Waals surface area (Å²) >= 11 is 0. The van der Waals surface area contributed by atoms with E-state index in [4.69, 9.17) is 4.74 Å². The van der Waals surface area contributed by atoms with Crippen LogP contribution >= 0.6 is 0 Å². The van der Waals surface area contributed by atoms with E-state index in [9.17, 15) is 0 Å². The Bertz CT molecular complexity index is 298. The molecule has 98 valence electrons. The van der Waals surface area contributed by atoms with E-state index in [0.717, 1.165) is 12.3 Å². The van der Waals surface area contributed by atoms with Gasteiger partial charge in [-0.2, -0.15) is 0 Å². The van der Waals surface area contributed by atoms with Gasteiger partial charge in [-0.1, -0.05) is 32.4 Å². The summed E-state index contributed by atoms with van der Waals surface area (Å²) in [5.74, 6) is 1.03. The van der Waals surface area contributed by atoms with Crippen LogP contribution in [-0.2, 0) is 6.54 Å². The van der Waals surface area contributed by atoms with Crippen LogP contribution in [-0.4, -0.2) is 20.8 Å². The van der Waals surface area contributed by atoms with Crippen LogP contribution in [0.3, 0.4) is 0 Å². The molecule has 3 nitrogen and oxygen atoms in total. The van der Waals surface area contributed by atoms with Gasteiger partial charge in [0, 0.05) is 12.1 Å². The zero-order valence-electron chi connectivity index (χ0n) is 11.8. The van der Waals surface area contributed by atoms with Gasteiger partial charge < -0.3 is 10.1 Å². The SMILES string of the molecule is CCC.CNC.Cc1ccc2c(c1)OCNC2. The Balaban J connectivity index is 0.000000366. The van der Waals surface area contributed by atoms with Crippen LogP contribution in [0.25, 0.3) is 0 Å². The van der Waals surface area contributed by atoms with Crippen molar-refractivity contribution in [3.05, 3.63) is 29.3 Å². The first kappa shape index (κ1) is 15.9. The number of ether oxygens (including phenoxy) is 1. The van der Waals surface area contributed by atoms with Crippen LogP contribution in [0.2, 0.25) is 0 Å². The molecule has 1 aromatic carbocycles. The van der Waals surface area contributed by atoms with Crippen LogP contribution in [0.4, 0.5) is 0 Å². The molecule has 0 amide bonds. The smallest absolute Gasteiger partial charge is 0.139 e. The lowest BCUT2D eigenvalue weighted by atomic mass is 10.1. The van der Waals surface area contributed by atoms with E-state index in [1.807, 2.05) is 14.1 Å². The van der Waals surface area contributed by atoms with E-state index in [0.29, 0.717) is 6.73 Å². The maximum Gasteiger partial charge on any atom is 0.139 e. The van der Waals surface area contributed by atoms with E-state index in [1.165, 1.54) is 17.5 Å². The highest BCUT2D eigenvalue weighted by atomic mass is 16.5. The first-order chi connectivity index (χ1) is 8.19. The van der Waals surface area contributed by atoms with E-state index in [2.05, 4.69) is 49.6 Å². The van der Waals surface area contributed by atoms with Gasteiger partial charge >= 0.3 is 0 Å². The van der Waals surface area contributed by atoms with Crippen molar-refractivity contribution in [2.75, 3.05) is 20.8 Å². The topological polar surface area (TPSA) is 33.3 Å². The quantitative estimate of drug-likeness (QED) is 0.729. The minimum absolute atomic E-state index is 0.635. The second-order valence-corrected chi connectivity index (χ2v) is 4.03. The van der Waals surface area contributed by atoms with Crippen molar-refractivity contribution in [2.24, 2.45) is 0 Å². The van der Waals surface area contributed by atoms with Gasteiger partial charge in [0.05, 0.1) is 0 Å². The molecule has 17 heavy (non-hydrogen) atoms. The molecular formula is C14H26N2O.